The number of ether oxygens (including phenoxy) is 3. The van der Waals surface area contributed by atoms with Crippen molar-refractivity contribution >= 4 is 12.0 Å². The molecule has 2 atom stereocenters. The van der Waals surface area contributed by atoms with Crippen LogP contribution in [0.3, 0.4) is 0 Å². The standard InChI is InChI=1S/C38H51N5O5/c1-25(2)43-22-30(21-40-43)29-9-8-10-31(19-29)37(20-27-11-13-28(14-12-27)33-15-16-34(47-5)26(3)41-33)17-6-7-18-38(37,35(39)44)48-36(45)42-23-32(24-42)46-4/h8-10,15-16,19,21-22,25,27-28,32H,6-7,11-14,17-18,20,23-24H2,1-5H3,(H2,39,44)/t27-,28-,37?,38?. The highest BCUT2D eigenvalue weighted by molar-refractivity contribution is 5.89. The molecule has 6 rings (SSSR count). The van der Waals surface area contributed by atoms with Crippen LogP contribution in [0.4, 0.5) is 4.79 Å². The molecule has 3 aliphatic rings. The van der Waals surface area contributed by atoms with Crippen LogP contribution in [0, 0.1) is 12.8 Å². The number of pyridine rings is 1. The number of nitrogens with zero attached hydrogens (tertiary/aromatic N) is 4. The number of hydrogen-bond acceptors (Lipinski definition) is 7. The number of hydrogen-bond donors (Lipinski definition) is 1. The third-order valence-electron chi connectivity index (χ3n) is 11.3. The van der Waals surface area contributed by atoms with Gasteiger partial charge >= 0.3 is 6.09 Å². The van der Waals surface area contributed by atoms with Crippen LogP contribution < -0.4 is 10.5 Å². The van der Waals surface area contributed by atoms with Crippen molar-refractivity contribution in [1.82, 2.24) is 19.7 Å². The van der Waals surface area contributed by atoms with Crippen LogP contribution in [0.1, 0.15) is 101 Å². The van der Waals surface area contributed by atoms with Gasteiger partial charge in [0.15, 0.2) is 0 Å². The smallest absolute Gasteiger partial charge is 0.411 e. The van der Waals surface area contributed by atoms with Gasteiger partial charge in [-0.3, -0.25) is 14.5 Å². The summed E-state index contributed by atoms with van der Waals surface area (Å²) in [6.45, 7) is 7.08. The Morgan fingerprint density at radius 1 is 1.02 bits per heavy atom. The van der Waals surface area contributed by atoms with Crippen molar-refractivity contribution in [1.29, 1.82) is 0 Å². The molecule has 2 saturated carbocycles. The molecule has 0 bridgehead atoms. The Hall–Kier alpha value is -3.92. The van der Waals surface area contributed by atoms with Crippen molar-refractivity contribution in [2.75, 3.05) is 27.3 Å². The number of amides is 2. The number of methoxy groups -OCH3 is 2. The molecule has 0 radical (unpaired) electrons. The summed E-state index contributed by atoms with van der Waals surface area (Å²) in [4.78, 5) is 34.1. The number of nitrogens with two attached hydrogens (primary N) is 1. The largest absolute Gasteiger partial charge is 0.495 e. The second kappa shape index (κ2) is 13.9. The highest BCUT2D eigenvalue weighted by atomic mass is 16.6. The number of primary amides is 1. The molecule has 2 aromatic heterocycles. The zero-order valence-electron chi connectivity index (χ0n) is 29.1. The molecule has 10 heteroatoms. The average molecular weight is 658 g/mol. The molecule has 1 aliphatic heterocycles. The third-order valence-corrected chi connectivity index (χ3v) is 11.3. The van der Waals surface area contributed by atoms with Gasteiger partial charge in [-0.2, -0.15) is 5.10 Å². The van der Waals surface area contributed by atoms with Crippen LogP contribution in [0.25, 0.3) is 11.1 Å². The first-order valence-electron chi connectivity index (χ1n) is 17.6. The lowest BCUT2D eigenvalue weighted by Gasteiger charge is -2.53. The Morgan fingerprint density at radius 3 is 2.42 bits per heavy atom. The molecule has 3 aromatic rings. The van der Waals surface area contributed by atoms with E-state index in [-0.39, 0.29) is 12.1 Å². The quantitative estimate of drug-likeness (QED) is 0.257. The zero-order chi connectivity index (χ0) is 34.1. The normalized spacial score (nSPS) is 26.2. The van der Waals surface area contributed by atoms with Crippen molar-refractivity contribution in [3.8, 4) is 16.9 Å². The van der Waals surface area contributed by atoms with Gasteiger partial charge in [0.05, 0.1) is 38.2 Å². The molecular weight excluding hydrogens is 606 g/mol. The molecule has 2 aliphatic carbocycles. The van der Waals surface area contributed by atoms with Gasteiger partial charge in [0.1, 0.15) is 5.75 Å². The minimum absolute atomic E-state index is 0.0270. The van der Waals surface area contributed by atoms with Gasteiger partial charge in [-0.15, -0.1) is 0 Å². The first-order chi connectivity index (χ1) is 23.1. The highest BCUT2D eigenvalue weighted by Gasteiger charge is 2.61. The van der Waals surface area contributed by atoms with E-state index in [1.54, 1.807) is 19.1 Å². The number of aromatic nitrogens is 3. The number of rotatable bonds is 10. The van der Waals surface area contributed by atoms with Crippen LogP contribution >= 0.6 is 0 Å². The fraction of sp³-hybridized carbons (Fsp3) is 0.579. The molecule has 2 N–H and O–H groups in total. The van der Waals surface area contributed by atoms with Gasteiger partial charge in [0, 0.05) is 41.9 Å². The van der Waals surface area contributed by atoms with E-state index in [1.807, 2.05) is 23.9 Å². The molecule has 2 unspecified atom stereocenters. The van der Waals surface area contributed by atoms with Gasteiger partial charge in [-0.1, -0.05) is 30.7 Å². The van der Waals surface area contributed by atoms with Gasteiger partial charge in [-0.05, 0) is 101 Å². The van der Waals surface area contributed by atoms with Gasteiger partial charge in [-0.25, -0.2) is 4.79 Å². The Kier molecular flexibility index (Phi) is 9.83. The number of carbonyl (C=O) groups excluding carboxylic acids is 2. The van der Waals surface area contributed by atoms with E-state index in [0.717, 1.165) is 72.4 Å². The van der Waals surface area contributed by atoms with E-state index in [4.69, 9.17) is 24.9 Å². The van der Waals surface area contributed by atoms with Gasteiger partial charge in [0.2, 0.25) is 5.60 Å². The Bertz CT molecular complexity index is 1610. The monoisotopic (exact) mass is 657 g/mol. The van der Waals surface area contributed by atoms with Crippen LogP contribution in [0.2, 0.25) is 0 Å². The molecule has 3 heterocycles. The molecule has 10 nitrogen and oxygen atoms in total. The lowest BCUT2D eigenvalue weighted by Crippen LogP contribution is -2.66. The number of benzene rings is 1. The Balaban J connectivity index is 1.35. The Morgan fingerprint density at radius 2 is 1.77 bits per heavy atom. The van der Waals surface area contributed by atoms with E-state index in [9.17, 15) is 9.59 Å². The highest BCUT2D eigenvalue weighted by Crippen LogP contribution is 2.55. The minimum atomic E-state index is -1.48. The summed E-state index contributed by atoms with van der Waals surface area (Å²) in [5.41, 5.74) is 9.19. The lowest BCUT2D eigenvalue weighted by atomic mass is 9.54. The summed E-state index contributed by atoms with van der Waals surface area (Å²) in [6.07, 6.45) is 10.9. The third kappa shape index (κ3) is 6.31. The fourth-order valence-corrected chi connectivity index (χ4v) is 8.44. The van der Waals surface area contributed by atoms with Crippen molar-refractivity contribution in [3.05, 3.63) is 65.7 Å². The molecule has 258 valence electrons. The van der Waals surface area contributed by atoms with Crippen LogP contribution in [-0.2, 0) is 19.7 Å². The number of likely N-dealkylation sites (tertiary alicyclic amines) is 1. The molecule has 48 heavy (non-hydrogen) atoms. The first-order valence-corrected chi connectivity index (χ1v) is 17.6. The van der Waals surface area contributed by atoms with Crippen molar-refractivity contribution in [3.63, 3.8) is 0 Å². The number of aryl methyl sites for hydroxylation is 1. The minimum Gasteiger partial charge on any atom is -0.495 e. The lowest BCUT2D eigenvalue weighted by molar-refractivity contribution is -0.157. The maximum atomic E-state index is 13.9. The SMILES string of the molecule is COc1ccc([C@H]2CC[C@H](CC3(c4cccc(-c5cnn(C(C)C)c5)c4)CCCCC3(OC(=O)N3CC(OC)C3)C(N)=O)CC2)nc1C. The van der Waals surface area contributed by atoms with Crippen LogP contribution in [0.15, 0.2) is 48.8 Å². The molecular formula is C38H51N5O5. The second-order valence-corrected chi connectivity index (χ2v) is 14.4. The summed E-state index contributed by atoms with van der Waals surface area (Å²) in [5.74, 6) is 0.931. The van der Waals surface area contributed by atoms with Gasteiger partial charge in [0.25, 0.3) is 5.91 Å². The van der Waals surface area contributed by atoms with Gasteiger partial charge < -0.3 is 24.8 Å². The van der Waals surface area contributed by atoms with E-state index in [2.05, 4.69) is 55.5 Å². The van der Waals surface area contributed by atoms with Crippen molar-refractivity contribution in [2.45, 2.75) is 108 Å². The fourth-order valence-electron chi connectivity index (χ4n) is 8.44. The summed E-state index contributed by atoms with van der Waals surface area (Å²) in [7, 11) is 3.32. The summed E-state index contributed by atoms with van der Waals surface area (Å²) < 4.78 is 19.3. The summed E-state index contributed by atoms with van der Waals surface area (Å²) >= 11 is 0. The predicted molar refractivity (Wildman–Crippen MR) is 184 cm³/mol. The Labute approximate surface area is 284 Å². The van der Waals surface area contributed by atoms with E-state index >= 15 is 0 Å². The molecule has 1 aromatic carbocycles. The zero-order valence-corrected chi connectivity index (χ0v) is 29.1. The van der Waals surface area contributed by atoms with Crippen LogP contribution in [0.5, 0.6) is 5.75 Å². The van der Waals surface area contributed by atoms with Crippen molar-refractivity contribution < 1.29 is 23.8 Å². The molecule has 1 saturated heterocycles. The maximum Gasteiger partial charge on any atom is 0.411 e. The van der Waals surface area contributed by atoms with Crippen LogP contribution in [-0.4, -0.2) is 70.7 Å². The van der Waals surface area contributed by atoms with E-state index in [0.29, 0.717) is 44.2 Å². The summed E-state index contributed by atoms with van der Waals surface area (Å²) in [5, 5.41) is 4.58. The summed E-state index contributed by atoms with van der Waals surface area (Å²) in [6, 6.07) is 12.8. The predicted octanol–water partition coefficient (Wildman–Crippen LogP) is 6.71. The topological polar surface area (TPSA) is 122 Å². The first kappa shape index (κ1) is 34.0. The molecule has 0 spiro atoms. The number of carbonyl (C=O) groups is 2. The van der Waals surface area contributed by atoms with E-state index in [1.165, 1.54) is 0 Å². The maximum absolute atomic E-state index is 13.9. The molecule has 2 amide bonds. The van der Waals surface area contributed by atoms with E-state index < -0.39 is 23.0 Å². The van der Waals surface area contributed by atoms with Crippen molar-refractivity contribution in [2.24, 2.45) is 11.7 Å². The average Bonchev–Trinajstić information content (AvgIpc) is 3.57. The second-order valence-electron chi connectivity index (χ2n) is 14.4. The molecule has 3 fully saturated rings.